The van der Waals surface area contributed by atoms with Gasteiger partial charge in [0.1, 0.15) is 0 Å². The van der Waals surface area contributed by atoms with Gasteiger partial charge in [0.2, 0.25) is 0 Å². The minimum absolute atomic E-state index is 0.0775. The van der Waals surface area contributed by atoms with E-state index in [4.69, 9.17) is 4.84 Å². The van der Waals surface area contributed by atoms with E-state index in [9.17, 15) is 29.0 Å². The monoisotopic (exact) mass is 323 g/mol. The van der Waals surface area contributed by atoms with Crippen LogP contribution in [0.1, 0.15) is 12.8 Å². The van der Waals surface area contributed by atoms with E-state index in [1.165, 1.54) is 6.82 Å². The highest BCUT2D eigenvalue weighted by atomic mass is 16.7. The van der Waals surface area contributed by atoms with Crippen LogP contribution in [0.2, 0.25) is 6.82 Å². The van der Waals surface area contributed by atoms with Gasteiger partial charge in [-0.15, -0.1) is 5.06 Å². The van der Waals surface area contributed by atoms with Crippen LogP contribution in [0.5, 0.6) is 0 Å². The van der Waals surface area contributed by atoms with Gasteiger partial charge in [-0.3, -0.25) is 24.1 Å². The fourth-order valence-corrected chi connectivity index (χ4v) is 2.09. The number of nitrogens with zero attached hydrogens (tertiary/aromatic N) is 2. The molecule has 2 heterocycles. The van der Waals surface area contributed by atoms with Gasteiger partial charge >= 0.3 is 13.0 Å². The van der Waals surface area contributed by atoms with Crippen molar-refractivity contribution in [3.63, 3.8) is 0 Å². The lowest BCUT2D eigenvalue weighted by molar-refractivity contribution is -0.201. The molecule has 1 saturated heterocycles. The molecule has 0 unspecified atom stereocenters. The molecule has 11 heteroatoms. The van der Waals surface area contributed by atoms with E-state index in [2.05, 4.69) is 5.23 Å². The first-order valence-corrected chi connectivity index (χ1v) is 6.85. The van der Waals surface area contributed by atoms with Crippen molar-refractivity contribution in [1.82, 2.24) is 15.2 Å². The average molecular weight is 323 g/mol. The van der Waals surface area contributed by atoms with E-state index in [0.717, 1.165) is 12.2 Å². The van der Waals surface area contributed by atoms with Gasteiger partial charge < -0.3 is 15.1 Å². The topological polar surface area (TPSA) is 133 Å². The molecule has 0 bridgehead atoms. The van der Waals surface area contributed by atoms with Crippen molar-refractivity contribution < 1.29 is 33.8 Å². The molecule has 0 aromatic rings. The van der Waals surface area contributed by atoms with Crippen molar-refractivity contribution in [2.24, 2.45) is 0 Å². The Morgan fingerprint density at radius 1 is 1.26 bits per heavy atom. The highest BCUT2D eigenvalue weighted by Gasteiger charge is 2.40. The Labute approximate surface area is 131 Å². The number of carbonyl (C=O) groups is 5. The molecular formula is C12H14BN3O7. The lowest BCUT2D eigenvalue weighted by Gasteiger charge is -2.26. The van der Waals surface area contributed by atoms with Gasteiger partial charge in [-0.25, -0.2) is 4.79 Å². The number of hydrogen-bond donors (Lipinski definition) is 2. The molecule has 0 radical (unpaired) electrons. The molecule has 2 N–H and O–H groups in total. The minimum Gasteiger partial charge on any atom is -0.437 e. The Morgan fingerprint density at radius 2 is 1.78 bits per heavy atom. The van der Waals surface area contributed by atoms with Crippen molar-refractivity contribution in [2.75, 3.05) is 6.54 Å². The number of nitrogens with one attached hydrogen (secondary N) is 1. The van der Waals surface area contributed by atoms with Crippen molar-refractivity contribution in [3.05, 3.63) is 12.2 Å². The van der Waals surface area contributed by atoms with Gasteiger partial charge in [-0.05, 0) is 6.82 Å². The Morgan fingerprint density at radius 3 is 2.26 bits per heavy atom. The third kappa shape index (κ3) is 3.63. The molecule has 1 fully saturated rings. The average Bonchev–Trinajstić information content (AvgIpc) is 2.97. The second-order valence-electron chi connectivity index (χ2n) is 4.97. The summed E-state index contributed by atoms with van der Waals surface area (Å²) >= 11 is 0. The maximum Gasteiger partial charge on any atom is 0.373 e. The fourth-order valence-electron chi connectivity index (χ4n) is 2.09. The van der Waals surface area contributed by atoms with Crippen molar-refractivity contribution in [1.29, 1.82) is 0 Å². The molecule has 0 spiro atoms. The lowest BCUT2D eigenvalue weighted by atomic mass is 9.88. The van der Waals surface area contributed by atoms with Gasteiger partial charge in [-0.1, -0.05) is 0 Å². The first-order chi connectivity index (χ1) is 10.8. The van der Waals surface area contributed by atoms with Crippen molar-refractivity contribution >= 4 is 36.6 Å². The van der Waals surface area contributed by atoms with E-state index in [0.29, 0.717) is 9.96 Å². The van der Waals surface area contributed by atoms with Crippen LogP contribution in [0.25, 0.3) is 0 Å². The molecule has 1 atom stereocenters. The Balaban J connectivity index is 2.14. The molecule has 0 aromatic carbocycles. The number of hydrogen-bond acceptors (Lipinski definition) is 8. The fraction of sp³-hybridized carbons (Fsp3) is 0.417. The third-order valence-corrected chi connectivity index (χ3v) is 3.22. The summed E-state index contributed by atoms with van der Waals surface area (Å²) in [5.41, 5.74) is 0. The van der Waals surface area contributed by atoms with Crippen LogP contribution < -0.4 is 5.23 Å². The Kier molecular flexibility index (Phi) is 4.91. The summed E-state index contributed by atoms with van der Waals surface area (Å²) in [5, 5.41) is 12.1. The highest BCUT2D eigenvalue weighted by Crippen LogP contribution is 2.16. The van der Waals surface area contributed by atoms with Crippen molar-refractivity contribution in [2.45, 2.75) is 25.7 Å². The van der Waals surface area contributed by atoms with Crippen LogP contribution in [0.3, 0.4) is 0 Å². The Hall–Kier alpha value is -2.53. The predicted molar refractivity (Wildman–Crippen MR) is 73.8 cm³/mol. The first kappa shape index (κ1) is 16.8. The minimum atomic E-state index is -1.43. The second-order valence-corrected chi connectivity index (χ2v) is 4.97. The maximum absolute atomic E-state index is 12.2. The number of carbonyl (C=O) groups excluding carboxylic acids is 5. The number of hydroxylamine groups is 2. The zero-order valence-electron chi connectivity index (χ0n) is 12.2. The zero-order valence-corrected chi connectivity index (χ0v) is 12.2. The van der Waals surface area contributed by atoms with Gasteiger partial charge in [0, 0.05) is 31.5 Å². The van der Waals surface area contributed by atoms with E-state index in [1.807, 2.05) is 0 Å². The summed E-state index contributed by atoms with van der Waals surface area (Å²) in [6.07, 6.45) is 1.81. The zero-order chi connectivity index (χ0) is 17.1. The molecule has 23 heavy (non-hydrogen) atoms. The molecule has 122 valence electrons. The van der Waals surface area contributed by atoms with Gasteiger partial charge in [0.05, 0.1) is 0 Å². The molecule has 2 rings (SSSR count). The van der Waals surface area contributed by atoms with E-state index >= 15 is 0 Å². The molecule has 0 aromatic heterocycles. The summed E-state index contributed by atoms with van der Waals surface area (Å²) in [6, 6.07) is -1.43. The van der Waals surface area contributed by atoms with Crippen LogP contribution in [0, 0.1) is 0 Å². The van der Waals surface area contributed by atoms with Crippen LogP contribution >= 0.6 is 0 Å². The summed E-state index contributed by atoms with van der Waals surface area (Å²) in [6.45, 7) is 1.08. The summed E-state index contributed by atoms with van der Waals surface area (Å²) < 4.78 is 0. The molecule has 4 amide bonds. The molecule has 2 aliphatic rings. The molecular weight excluding hydrogens is 309 g/mol. The van der Waals surface area contributed by atoms with Crippen LogP contribution in [0.15, 0.2) is 12.2 Å². The number of rotatable bonds is 6. The SMILES string of the molecule is CB(O)NC[C@@H](C(=O)ON1C(=O)CCC1=O)N1C(=O)C=CC1=O. The summed E-state index contributed by atoms with van der Waals surface area (Å²) in [5.74, 6) is -3.95. The molecule has 0 saturated carbocycles. The molecule has 2 aliphatic heterocycles. The number of imide groups is 2. The van der Waals surface area contributed by atoms with E-state index in [-0.39, 0.29) is 19.4 Å². The number of amides is 4. The van der Waals surface area contributed by atoms with Crippen molar-refractivity contribution in [3.8, 4) is 0 Å². The third-order valence-electron chi connectivity index (χ3n) is 3.22. The van der Waals surface area contributed by atoms with Crippen LogP contribution in [0.4, 0.5) is 0 Å². The van der Waals surface area contributed by atoms with Crippen LogP contribution in [-0.4, -0.2) is 64.2 Å². The normalized spacial score (nSPS) is 18.9. The van der Waals surface area contributed by atoms with Crippen LogP contribution in [-0.2, 0) is 28.8 Å². The largest absolute Gasteiger partial charge is 0.437 e. The predicted octanol–water partition coefficient (Wildman–Crippen LogP) is -2.41. The van der Waals surface area contributed by atoms with Gasteiger partial charge in [0.25, 0.3) is 23.6 Å². The summed E-state index contributed by atoms with van der Waals surface area (Å²) in [7, 11) is -1.01. The van der Waals surface area contributed by atoms with Gasteiger partial charge in [-0.2, -0.15) is 0 Å². The Bertz CT molecular complexity index is 569. The smallest absolute Gasteiger partial charge is 0.373 e. The summed E-state index contributed by atoms with van der Waals surface area (Å²) in [4.78, 5) is 64.0. The second kappa shape index (κ2) is 6.71. The molecule has 0 aliphatic carbocycles. The molecule has 10 nitrogen and oxygen atoms in total. The van der Waals surface area contributed by atoms with E-state index in [1.54, 1.807) is 0 Å². The van der Waals surface area contributed by atoms with Gasteiger partial charge in [0.15, 0.2) is 6.04 Å². The van der Waals surface area contributed by atoms with E-state index < -0.39 is 42.7 Å². The lowest BCUT2D eigenvalue weighted by Crippen LogP contribution is -2.54. The highest BCUT2D eigenvalue weighted by molar-refractivity contribution is 6.45. The maximum atomic E-state index is 12.2. The quantitative estimate of drug-likeness (QED) is 0.408. The standard InChI is InChI=1S/C12H14BN3O7/c1-13(22)14-6-7(15-8(17)2-3-9(15)18)12(21)23-16-10(19)4-5-11(16)20/h2-3,7,14,22H,4-6H2,1H3/t7-/m0/s1. The first-order valence-electron chi connectivity index (χ1n) is 6.85.